The van der Waals surface area contributed by atoms with Crippen LogP contribution in [-0.4, -0.2) is 0 Å². The van der Waals surface area contributed by atoms with Crippen LogP contribution in [0.15, 0.2) is 97.1 Å². The quantitative estimate of drug-likeness (QED) is 0.138. The Balaban J connectivity index is 1.59. The zero-order valence-corrected chi connectivity index (χ0v) is 22.2. The summed E-state index contributed by atoms with van der Waals surface area (Å²) in [4.78, 5) is 0. The average Bonchev–Trinajstić information content (AvgIpc) is 3.03. The molecule has 0 aliphatic heterocycles. The van der Waals surface area contributed by atoms with Crippen molar-refractivity contribution in [3.8, 4) is 0 Å². The molecular weight excluding hydrogens is 504 g/mol. The van der Waals surface area contributed by atoms with E-state index in [0.29, 0.717) is 0 Å². The molecule has 0 radical (unpaired) electrons. The van der Waals surface area contributed by atoms with Gasteiger partial charge in [0.05, 0.1) is 0 Å². The van der Waals surface area contributed by atoms with Crippen LogP contribution < -0.4 is 0 Å². The van der Waals surface area contributed by atoms with Gasteiger partial charge in [0.1, 0.15) is 0 Å². The molecule has 14 aromatic rings. The van der Waals surface area contributed by atoms with Crippen molar-refractivity contribution in [2.75, 3.05) is 0 Å². The van der Waals surface area contributed by atoms with E-state index < -0.39 is 0 Å². The molecule has 0 heteroatoms. The monoisotopic (exact) mass is 520 g/mol. The van der Waals surface area contributed by atoms with Crippen LogP contribution in [-0.2, 0) is 0 Å². The second-order valence-electron chi connectivity index (χ2n) is 13.1. The molecule has 184 valence electrons. The Morgan fingerprint density at radius 3 is 0.500 bits per heavy atom. The molecule has 0 N–H and O–H groups in total. The number of hydrogen-bond donors (Lipinski definition) is 0. The van der Waals surface area contributed by atoms with Crippen molar-refractivity contribution in [1.29, 1.82) is 0 Å². The van der Waals surface area contributed by atoms with Gasteiger partial charge in [-0.15, -0.1) is 0 Å². The SMILES string of the molecule is c1cc2cc3ccc4cc5ccc6ccc7cc8ccc9cc%10ccc1c1c2c2c3c4c3c5c6c7c4c8c9c(c%101)c2c34. The first-order chi connectivity index (χ1) is 20.8. The van der Waals surface area contributed by atoms with E-state index in [1.165, 1.54) is 140 Å². The summed E-state index contributed by atoms with van der Waals surface area (Å²) in [7, 11) is 0. The van der Waals surface area contributed by atoms with E-state index in [1.54, 1.807) is 0 Å². The van der Waals surface area contributed by atoms with Crippen LogP contribution in [0.25, 0.3) is 140 Å². The van der Waals surface area contributed by atoms with Crippen LogP contribution in [0, 0.1) is 0 Å². The fraction of sp³-hybridized carbons (Fsp3) is 0. The van der Waals surface area contributed by atoms with Crippen LogP contribution in [0.2, 0.25) is 0 Å². The summed E-state index contributed by atoms with van der Waals surface area (Å²) in [5, 5.41) is 37.1. The highest BCUT2D eigenvalue weighted by Gasteiger charge is 2.31. The van der Waals surface area contributed by atoms with Gasteiger partial charge in [-0.3, -0.25) is 0 Å². The summed E-state index contributed by atoms with van der Waals surface area (Å²) >= 11 is 0. The summed E-state index contributed by atoms with van der Waals surface area (Å²) in [6.07, 6.45) is 0. The highest BCUT2D eigenvalue weighted by Crippen LogP contribution is 2.60. The summed E-state index contributed by atoms with van der Waals surface area (Å²) in [6, 6.07) is 38.2. The van der Waals surface area contributed by atoms with Crippen LogP contribution in [0.4, 0.5) is 0 Å². The summed E-state index contributed by atoms with van der Waals surface area (Å²) in [6.45, 7) is 0. The van der Waals surface area contributed by atoms with E-state index in [0.717, 1.165) is 0 Å². The van der Waals surface area contributed by atoms with Gasteiger partial charge in [0.2, 0.25) is 0 Å². The van der Waals surface area contributed by atoms with Crippen LogP contribution >= 0.6 is 0 Å². The van der Waals surface area contributed by atoms with Crippen molar-refractivity contribution >= 4 is 140 Å². The molecule has 0 saturated heterocycles. The summed E-state index contributed by atoms with van der Waals surface area (Å²) in [5.41, 5.74) is 0. The summed E-state index contributed by atoms with van der Waals surface area (Å²) in [5.74, 6) is 0. The van der Waals surface area contributed by atoms with Gasteiger partial charge in [-0.2, -0.15) is 0 Å². The van der Waals surface area contributed by atoms with Gasteiger partial charge in [0, 0.05) is 0 Å². The molecule has 42 heavy (non-hydrogen) atoms. The third-order valence-electron chi connectivity index (χ3n) is 11.5. The van der Waals surface area contributed by atoms with E-state index in [4.69, 9.17) is 0 Å². The van der Waals surface area contributed by atoms with Gasteiger partial charge in [0.25, 0.3) is 0 Å². The Kier molecular flexibility index (Phi) is 2.42. The van der Waals surface area contributed by atoms with Crippen molar-refractivity contribution < 1.29 is 0 Å². The minimum absolute atomic E-state index is 1.35. The van der Waals surface area contributed by atoms with E-state index in [-0.39, 0.29) is 0 Å². The van der Waals surface area contributed by atoms with Gasteiger partial charge in [-0.25, -0.2) is 0 Å². The lowest BCUT2D eigenvalue weighted by molar-refractivity contribution is 1.82. The highest BCUT2D eigenvalue weighted by atomic mass is 14.3. The Hall–Kier alpha value is -5.46. The number of hydrogen-bond acceptors (Lipinski definition) is 0. The van der Waals surface area contributed by atoms with Crippen LogP contribution in [0.1, 0.15) is 0 Å². The maximum atomic E-state index is 2.46. The van der Waals surface area contributed by atoms with Gasteiger partial charge < -0.3 is 0 Å². The third-order valence-corrected chi connectivity index (χ3v) is 11.5. The molecule has 0 amide bonds. The van der Waals surface area contributed by atoms with E-state index in [9.17, 15) is 0 Å². The molecule has 0 spiro atoms. The Morgan fingerprint density at radius 2 is 0.286 bits per heavy atom. The first-order valence-electron chi connectivity index (χ1n) is 15.0. The topological polar surface area (TPSA) is 0 Å². The minimum Gasteiger partial charge on any atom is -0.0537 e. The zero-order valence-electron chi connectivity index (χ0n) is 22.2. The molecule has 14 aromatic carbocycles. The third kappa shape index (κ3) is 1.59. The van der Waals surface area contributed by atoms with E-state index in [1.807, 2.05) is 0 Å². The molecule has 0 unspecified atom stereocenters. The standard InChI is InChI=1S/C42H16/c1-5-19-13-23-9-10-25-15-21-7-3-18-4-8-22-16-26-12-11-24-14-20-6-2-17(1)27-29(19)37-33(23)35(25)39-31(21)28(18)32(22)40-36(26)34(24)38(30(20)27)41(37)42(39)40/h1-16H. The first-order valence-corrected chi connectivity index (χ1v) is 15.0. The lowest BCUT2D eigenvalue weighted by Gasteiger charge is -2.29. The maximum Gasteiger partial charge on any atom is -0.00000301 e. The smallest absolute Gasteiger partial charge is 0.00000301 e. The average molecular weight is 521 g/mol. The number of benzene rings is 14. The minimum atomic E-state index is 1.35. The molecule has 0 bridgehead atoms. The Bertz CT molecular complexity index is 2980. The highest BCUT2D eigenvalue weighted by molar-refractivity contribution is 6.61. The number of rotatable bonds is 0. The van der Waals surface area contributed by atoms with Gasteiger partial charge in [-0.1, -0.05) is 72.8 Å². The molecule has 0 aliphatic rings. The zero-order chi connectivity index (χ0) is 26.3. The fourth-order valence-corrected chi connectivity index (χ4v) is 10.2. The fourth-order valence-electron chi connectivity index (χ4n) is 10.2. The summed E-state index contributed by atoms with van der Waals surface area (Å²) < 4.78 is 0. The largest absolute Gasteiger partial charge is 0.0537 e. The van der Waals surface area contributed by atoms with Gasteiger partial charge in [0.15, 0.2) is 0 Å². The second-order valence-corrected chi connectivity index (χ2v) is 13.1. The molecule has 0 nitrogen and oxygen atoms in total. The molecular formula is C42H16. The molecule has 0 aromatic heterocycles. The van der Waals surface area contributed by atoms with Crippen molar-refractivity contribution in [2.45, 2.75) is 0 Å². The van der Waals surface area contributed by atoms with Crippen molar-refractivity contribution in [3.63, 3.8) is 0 Å². The molecule has 0 atom stereocenters. The maximum absolute atomic E-state index is 2.46. The molecule has 0 fully saturated rings. The van der Waals surface area contributed by atoms with Gasteiger partial charge >= 0.3 is 0 Å². The Morgan fingerprint density at radius 1 is 0.143 bits per heavy atom. The normalized spacial score (nSPS) is 14.2. The van der Waals surface area contributed by atoms with Crippen molar-refractivity contribution in [1.82, 2.24) is 0 Å². The molecule has 0 aliphatic carbocycles. The van der Waals surface area contributed by atoms with Crippen LogP contribution in [0.3, 0.4) is 0 Å². The lowest BCUT2D eigenvalue weighted by Crippen LogP contribution is -2.00. The lowest BCUT2D eigenvalue weighted by atomic mass is 9.73. The molecule has 14 rings (SSSR count). The van der Waals surface area contributed by atoms with E-state index in [2.05, 4.69) is 97.1 Å². The molecule has 0 saturated carbocycles. The first kappa shape index (κ1) is 18.8. The van der Waals surface area contributed by atoms with Crippen LogP contribution in [0.5, 0.6) is 0 Å². The Labute approximate surface area is 236 Å². The van der Waals surface area contributed by atoms with Gasteiger partial charge in [-0.05, 0) is 164 Å². The molecule has 0 heterocycles. The van der Waals surface area contributed by atoms with E-state index >= 15 is 0 Å². The second kappa shape index (κ2) is 5.41. The van der Waals surface area contributed by atoms with Crippen molar-refractivity contribution in [3.05, 3.63) is 97.1 Å². The predicted molar refractivity (Wildman–Crippen MR) is 184 cm³/mol. The predicted octanol–water partition coefficient (Wildman–Crippen LogP) is 12.2. The van der Waals surface area contributed by atoms with Crippen molar-refractivity contribution in [2.24, 2.45) is 0 Å².